The fourth-order valence-corrected chi connectivity index (χ4v) is 2.59. The minimum atomic E-state index is -4.78. The molecule has 1 saturated heterocycles. The smallest absolute Gasteiger partial charge is 0.349 e. The molecule has 0 radical (unpaired) electrons. The minimum absolute atomic E-state index is 0.138. The Balaban J connectivity index is 2.09. The largest absolute Gasteiger partial charge is 0.434 e. The topological polar surface area (TPSA) is 41.1 Å². The molecule has 1 unspecified atom stereocenters. The van der Waals surface area contributed by atoms with E-state index in [9.17, 15) is 22.0 Å². The van der Waals surface area contributed by atoms with Gasteiger partial charge in [-0.25, -0.2) is 9.97 Å². The van der Waals surface area contributed by atoms with E-state index in [0.29, 0.717) is 25.8 Å². The molecular weight excluding hydrogens is 283 g/mol. The van der Waals surface area contributed by atoms with Gasteiger partial charge in [-0.1, -0.05) is 0 Å². The highest BCUT2D eigenvalue weighted by Gasteiger charge is 2.49. The molecule has 9 heteroatoms. The fraction of sp³-hybridized carbons (Fsp3) is 0.636. The van der Waals surface area contributed by atoms with Gasteiger partial charge >= 0.3 is 6.18 Å². The van der Waals surface area contributed by atoms with E-state index in [4.69, 9.17) is 0 Å². The summed E-state index contributed by atoms with van der Waals surface area (Å²) in [5.74, 6) is -3.54. The Labute approximate surface area is 111 Å². The predicted molar refractivity (Wildman–Crippen MR) is 59.5 cm³/mol. The van der Waals surface area contributed by atoms with Crippen LogP contribution in [-0.4, -0.2) is 35.6 Å². The highest BCUT2D eigenvalue weighted by Crippen LogP contribution is 2.44. The van der Waals surface area contributed by atoms with Gasteiger partial charge in [0.2, 0.25) is 0 Å². The number of nitrogens with zero attached hydrogens (tertiary/aromatic N) is 3. The van der Waals surface area contributed by atoms with Gasteiger partial charge in [0.1, 0.15) is 0 Å². The van der Waals surface area contributed by atoms with E-state index in [1.54, 1.807) is 4.90 Å². The molecule has 110 valence electrons. The third-order valence-corrected chi connectivity index (χ3v) is 3.50. The van der Waals surface area contributed by atoms with Crippen LogP contribution in [-0.2, 0) is 12.1 Å². The molecule has 1 atom stereocenters. The Kier molecular flexibility index (Phi) is 2.86. The van der Waals surface area contributed by atoms with Gasteiger partial charge in [0.15, 0.2) is 17.2 Å². The lowest BCUT2D eigenvalue weighted by molar-refractivity contribution is -0.142. The van der Waals surface area contributed by atoms with Crippen molar-refractivity contribution in [2.45, 2.75) is 24.6 Å². The molecule has 2 aliphatic rings. The second-order valence-corrected chi connectivity index (χ2v) is 4.89. The van der Waals surface area contributed by atoms with Crippen LogP contribution in [0.3, 0.4) is 0 Å². The summed E-state index contributed by atoms with van der Waals surface area (Å²) in [4.78, 5) is 8.34. The standard InChI is InChI=1S/C11H11F5N4/c12-10(13)3-6-4-17-1-2-20(6)9-8(10)19-7(5-18-9)11(14,15)16/h5-6,17H,1-4H2. The number of rotatable bonds is 0. The highest BCUT2D eigenvalue weighted by molar-refractivity contribution is 5.50. The summed E-state index contributed by atoms with van der Waals surface area (Å²) in [7, 11) is 0. The summed E-state index contributed by atoms with van der Waals surface area (Å²) in [6.45, 7) is 1.36. The van der Waals surface area contributed by atoms with Crippen molar-refractivity contribution in [1.82, 2.24) is 15.3 Å². The van der Waals surface area contributed by atoms with E-state index >= 15 is 0 Å². The summed E-state index contributed by atoms with van der Waals surface area (Å²) in [5, 5.41) is 2.98. The first kappa shape index (κ1) is 13.5. The van der Waals surface area contributed by atoms with Gasteiger partial charge in [-0.15, -0.1) is 0 Å². The molecule has 0 aliphatic carbocycles. The second-order valence-electron chi connectivity index (χ2n) is 4.89. The molecular formula is C11H11F5N4. The van der Waals surface area contributed by atoms with Gasteiger partial charge < -0.3 is 10.2 Å². The first-order valence-corrected chi connectivity index (χ1v) is 6.09. The average Bonchev–Trinajstić information content (AvgIpc) is 2.37. The number of anilines is 1. The van der Waals surface area contributed by atoms with Crippen molar-refractivity contribution in [3.8, 4) is 0 Å². The Bertz CT molecular complexity index is 530. The summed E-state index contributed by atoms with van der Waals surface area (Å²) >= 11 is 0. The van der Waals surface area contributed by atoms with Crippen molar-refractivity contribution >= 4 is 5.82 Å². The molecule has 4 nitrogen and oxygen atoms in total. The normalized spacial score (nSPS) is 25.1. The molecule has 20 heavy (non-hydrogen) atoms. The highest BCUT2D eigenvalue weighted by atomic mass is 19.4. The lowest BCUT2D eigenvalue weighted by Crippen LogP contribution is -2.56. The van der Waals surface area contributed by atoms with E-state index in [-0.39, 0.29) is 5.82 Å². The lowest BCUT2D eigenvalue weighted by Gasteiger charge is -2.43. The number of hydrogen-bond acceptors (Lipinski definition) is 4. The molecule has 0 bridgehead atoms. The lowest BCUT2D eigenvalue weighted by atomic mass is 9.96. The number of aromatic nitrogens is 2. The summed E-state index contributed by atoms with van der Waals surface area (Å²) < 4.78 is 65.7. The van der Waals surface area contributed by atoms with Crippen molar-refractivity contribution in [3.05, 3.63) is 17.6 Å². The van der Waals surface area contributed by atoms with Crippen LogP contribution in [0.2, 0.25) is 0 Å². The molecule has 2 aliphatic heterocycles. The summed E-state index contributed by atoms with van der Waals surface area (Å²) in [6, 6.07) is -0.475. The first-order chi connectivity index (χ1) is 9.29. The monoisotopic (exact) mass is 294 g/mol. The molecule has 3 rings (SSSR count). The zero-order valence-electron chi connectivity index (χ0n) is 10.2. The Morgan fingerprint density at radius 1 is 1.35 bits per heavy atom. The molecule has 0 amide bonds. The maximum Gasteiger partial charge on any atom is 0.434 e. The van der Waals surface area contributed by atoms with Crippen LogP contribution in [0, 0.1) is 0 Å². The number of piperazine rings is 1. The van der Waals surface area contributed by atoms with Crippen LogP contribution in [0.4, 0.5) is 27.8 Å². The van der Waals surface area contributed by atoms with Gasteiger partial charge in [-0.05, 0) is 0 Å². The van der Waals surface area contributed by atoms with Gasteiger partial charge in [-0.2, -0.15) is 22.0 Å². The van der Waals surface area contributed by atoms with Crippen molar-refractivity contribution in [2.75, 3.05) is 24.5 Å². The van der Waals surface area contributed by atoms with Crippen LogP contribution in [0.5, 0.6) is 0 Å². The van der Waals surface area contributed by atoms with Crippen molar-refractivity contribution in [2.24, 2.45) is 0 Å². The molecule has 1 fully saturated rings. The maximum atomic E-state index is 14.0. The van der Waals surface area contributed by atoms with E-state index in [0.717, 1.165) is 0 Å². The fourth-order valence-electron chi connectivity index (χ4n) is 2.59. The Hall–Kier alpha value is -1.51. The Morgan fingerprint density at radius 2 is 2.10 bits per heavy atom. The number of halogens is 5. The Morgan fingerprint density at radius 3 is 2.80 bits per heavy atom. The maximum absolute atomic E-state index is 14.0. The van der Waals surface area contributed by atoms with E-state index in [2.05, 4.69) is 15.3 Å². The summed E-state index contributed by atoms with van der Waals surface area (Å²) in [6.07, 6.45) is -4.82. The number of fused-ring (bicyclic) bond motifs is 3. The van der Waals surface area contributed by atoms with Crippen molar-refractivity contribution < 1.29 is 22.0 Å². The third kappa shape index (κ3) is 2.09. The SMILES string of the molecule is FC(F)(F)c1cnc2c(n1)C(F)(F)CC1CNCCN21. The zero-order valence-corrected chi connectivity index (χ0v) is 10.2. The number of hydrogen-bond donors (Lipinski definition) is 1. The van der Waals surface area contributed by atoms with Gasteiger partial charge in [0, 0.05) is 32.1 Å². The molecule has 1 aromatic rings. The van der Waals surface area contributed by atoms with E-state index < -0.39 is 35.9 Å². The molecule has 1 aromatic heterocycles. The van der Waals surface area contributed by atoms with Gasteiger partial charge in [-0.3, -0.25) is 0 Å². The first-order valence-electron chi connectivity index (χ1n) is 6.09. The predicted octanol–water partition coefficient (Wildman–Crippen LogP) is 1.77. The second kappa shape index (κ2) is 4.24. The van der Waals surface area contributed by atoms with E-state index in [1.807, 2.05) is 0 Å². The third-order valence-electron chi connectivity index (χ3n) is 3.50. The van der Waals surface area contributed by atoms with Gasteiger partial charge in [0.25, 0.3) is 5.92 Å². The number of alkyl halides is 5. The average molecular weight is 294 g/mol. The minimum Gasteiger partial charge on any atom is -0.349 e. The molecule has 0 saturated carbocycles. The van der Waals surface area contributed by atoms with Crippen LogP contribution in [0.1, 0.15) is 17.8 Å². The van der Waals surface area contributed by atoms with Crippen LogP contribution >= 0.6 is 0 Å². The summed E-state index contributed by atoms with van der Waals surface area (Å²) in [5.41, 5.74) is -2.25. The van der Waals surface area contributed by atoms with Gasteiger partial charge in [0.05, 0.1) is 6.20 Å². The molecule has 1 N–H and O–H groups in total. The van der Waals surface area contributed by atoms with Crippen molar-refractivity contribution in [1.29, 1.82) is 0 Å². The molecule has 0 aromatic carbocycles. The van der Waals surface area contributed by atoms with Crippen molar-refractivity contribution in [3.63, 3.8) is 0 Å². The van der Waals surface area contributed by atoms with Crippen LogP contribution < -0.4 is 10.2 Å². The van der Waals surface area contributed by atoms with E-state index in [1.165, 1.54) is 0 Å². The molecule has 0 spiro atoms. The molecule has 3 heterocycles. The zero-order chi connectivity index (χ0) is 14.5. The quantitative estimate of drug-likeness (QED) is 0.740. The van der Waals surface area contributed by atoms with Crippen LogP contribution in [0.15, 0.2) is 6.20 Å². The van der Waals surface area contributed by atoms with Crippen LogP contribution in [0.25, 0.3) is 0 Å². The number of nitrogens with one attached hydrogen (secondary N) is 1.